The van der Waals surface area contributed by atoms with Crippen LogP contribution in [-0.4, -0.2) is 22.4 Å². The summed E-state index contributed by atoms with van der Waals surface area (Å²) in [6, 6.07) is 18.0. The van der Waals surface area contributed by atoms with Crippen molar-refractivity contribution in [2.24, 2.45) is 0 Å². The Labute approximate surface area is 166 Å². The van der Waals surface area contributed by atoms with Crippen molar-refractivity contribution in [3.8, 4) is 0 Å². The Hall–Kier alpha value is -3.21. The van der Waals surface area contributed by atoms with E-state index in [9.17, 15) is 4.79 Å². The molecule has 0 radical (unpaired) electrons. The van der Waals surface area contributed by atoms with Gasteiger partial charge in [-0.3, -0.25) is 4.79 Å². The third-order valence-electron chi connectivity index (χ3n) is 4.61. The standard InChI is InChI=1S/C23H26N4O/c1-4-19-12-8-9-16(2)21(19)27-23-25-17(3)15-20(26-23)22(28)24-14-13-18-10-6-5-7-11-18/h5-12,15H,4,13-14H2,1-3H3,(H,24,28)(H,25,26,27). The van der Waals surface area contributed by atoms with Crippen LogP contribution < -0.4 is 10.6 Å². The zero-order chi connectivity index (χ0) is 19.9. The molecular formula is C23H26N4O. The SMILES string of the molecule is CCc1cccc(C)c1Nc1nc(C)cc(C(=O)NCCc2ccccc2)n1. The molecule has 0 bridgehead atoms. The number of para-hydroxylation sites is 1. The molecule has 0 saturated heterocycles. The number of carbonyl (C=O) groups excluding carboxylic acids is 1. The number of nitrogens with one attached hydrogen (secondary N) is 2. The fourth-order valence-electron chi connectivity index (χ4n) is 3.11. The number of amides is 1. The molecule has 2 N–H and O–H groups in total. The zero-order valence-corrected chi connectivity index (χ0v) is 16.6. The van der Waals surface area contributed by atoms with Gasteiger partial charge in [0.05, 0.1) is 0 Å². The molecule has 0 fully saturated rings. The predicted octanol–water partition coefficient (Wildman–Crippen LogP) is 4.37. The van der Waals surface area contributed by atoms with Crippen LogP contribution in [0.15, 0.2) is 54.6 Å². The van der Waals surface area contributed by atoms with E-state index in [1.165, 1.54) is 11.1 Å². The lowest BCUT2D eigenvalue weighted by atomic mass is 10.1. The van der Waals surface area contributed by atoms with Gasteiger partial charge < -0.3 is 10.6 Å². The molecule has 3 aromatic rings. The summed E-state index contributed by atoms with van der Waals surface area (Å²) in [5.74, 6) is 0.252. The number of carbonyl (C=O) groups is 1. The fraction of sp³-hybridized carbons (Fsp3) is 0.261. The predicted molar refractivity (Wildman–Crippen MR) is 113 cm³/mol. The van der Waals surface area contributed by atoms with Gasteiger partial charge in [-0.05, 0) is 49.4 Å². The van der Waals surface area contributed by atoms with Crippen molar-refractivity contribution in [1.82, 2.24) is 15.3 Å². The third-order valence-corrected chi connectivity index (χ3v) is 4.61. The molecular weight excluding hydrogens is 348 g/mol. The van der Waals surface area contributed by atoms with Crippen LogP contribution in [-0.2, 0) is 12.8 Å². The van der Waals surface area contributed by atoms with E-state index in [1.54, 1.807) is 6.07 Å². The van der Waals surface area contributed by atoms with Gasteiger partial charge in [0, 0.05) is 17.9 Å². The first-order valence-electron chi connectivity index (χ1n) is 9.60. The lowest BCUT2D eigenvalue weighted by molar-refractivity contribution is 0.0949. The first-order valence-corrected chi connectivity index (χ1v) is 9.60. The van der Waals surface area contributed by atoms with Gasteiger partial charge in [-0.1, -0.05) is 55.5 Å². The van der Waals surface area contributed by atoms with Gasteiger partial charge in [-0.25, -0.2) is 9.97 Å². The topological polar surface area (TPSA) is 66.9 Å². The van der Waals surface area contributed by atoms with Gasteiger partial charge >= 0.3 is 0 Å². The molecule has 0 saturated carbocycles. The van der Waals surface area contributed by atoms with Crippen molar-refractivity contribution in [3.05, 3.63) is 82.7 Å². The number of hydrogen-bond donors (Lipinski definition) is 2. The van der Waals surface area contributed by atoms with E-state index in [0.717, 1.165) is 29.8 Å². The minimum absolute atomic E-state index is 0.190. The summed E-state index contributed by atoms with van der Waals surface area (Å²) in [5, 5.41) is 6.25. The average Bonchev–Trinajstić information content (AvgIpc) is 2.70. The van der Waals surface area contributed by atoms with Crippen LogP contribution in [0.5, 0.6) is 0 Å². The Bertz CT molecular complexity index is 954. The zero-order valence-electron chi connectivity index (χ0n) is 16.6. The number of aryl methyl sites for hydroxylation is 3. The summed E-state index contributed by atoms with van der Waals surface area (Å²) in [6.07, 6.45) is 1.69. The highest BCUT2D eigenvalue weighted by Crippen LogP contribution is 2.24. The monoisotopic (exact) mass is 374 g/mol. The first-order chi connectivity index (χ1) is 13.6. The number of anilines is 2. The van der Waals surface area contributed by atoms with Crippen molar-refractivity contribution in [1.29, 1.82) is 0 Å². The molecule has 0 spiro atoms. The maximum atomic E-state index is 12.6. The van der Waals surface area contributed by atoms with Crippen molar-refractivity contribution >= 4 is 17.5 Å². The summed E-state index contributed by atoms with van der Waals surface area (Å²) in [5.41, 5.74) is 5.63. The molecule has 0 aliphatic rings. The minimum atomic E-state index is -0.190. The van der Waals surface area contributed by atoms with Crippen LogP contribution in [0.4, 0.5) is 11.6 Å². The van der Waals surface area contributed by atoms with E-state index >= 15 is 0 Å². The fourth-order valence-corrected chi connectivity index (χ4v) is 3.11. The van der Waals surface area contributed by atoms with Crippen molar-refractivity contribution in [2.45, 2.75) is 33.6 Å². The van der Waals surface area contributed by atoms with E-state index in [2.05, 4.69) is 58.7 Å². The minimum Gasteiger partial charge on any atom is -0.350 e. The van der Waals surface area contributed by atoms with Gasteiger partial charge in [0.2, 0.25) is 5.95 Å². The molecule has 5 heteroatoms. The van der Waals surface area contributed by atoms with Gasteiger partial charge in [0.15, 0.2) is 0 Å². The molecule has 3 rings (SSSR count). The normalized spacial score (nSPS) is 10.5. The highest BCUT2D eigenvalue weighted by Gasteiger charge is 2.12. The summed E-state index contributed by atoms with van der Waals surface area (Å²) < 4.78 is 0. The molecule has 1 amide bonds. The molecule has 0 atom stereocenters. The molecule has 0 unspecified atom stereocenters. The lowest BCUT2D eigenvalue weighted by Crippen LogP contribution is -2.27. The molecule has 2 aromatic carbocycles. The molecule has 0 aliphatic carbocycles. The van der Waals surface area contributed by atoms with Gasteiger partial charge in [-0.2, -0.15) is 0 Å². The second-order valence-electron chi connectivity index (χ2n) is 6.80. The van der Waals surface area contributed by atoms with E-state index in [1.807, 2.05) is 31.2 Å². The number of rotatable bonds is 7. The Kier molecular flexibility index (Phi) is 6.37. The highest BCUT2D eigenvalue weighted by molar-refractivity contribution is 5.92. The van der Waals surface area contributed by atoms with Crippen LogP contribution in [0.3, 0.4) is 0 Å². The summed E-state index contributed by atoms with van der Waals surface area (Å²) in [4.78, 5) is 21.4. The number of aromatic nitrogens is 2. The van der Waals surface area contributed by atoms with Crippen LogP contribution in [0.1, 0.15) is 39.8 Å². The number of hydrogen-bond acceptors (Lipinski definition) is 4. The van der Waals surface area contributed by atoms with Gasteiger partial charge in [0.1, 0.15) is 5.69 Å². The van der Waals surface area contributed by atoms with Crippen molar-refractivity contribution in [3.63, 3.8) is 0 Å². The lowest BCUT2D eigenvalue weighted by Gasteiger charge is -2.14. The van der Waals surface area contributed by atoms with Gasteiger partial charge in [-0.15, -0.1) is 0 Å². The van der Waals surface area contributed by atoms with Crippen LogP contribution in [0.2, 0.25) is 0 Å². The average molecular weight is 374 g/mol. The Morgan fingerprint density at radius 1 is 1.00 bits per heavy atom. The molecule has 0 aliphatic heterocycles. The van der Waals surface area contributed by atoms with Crippen LogP contribution >= 0.6 is 0 Å². The molecule has 28 heavy (non-hydrogen) atoms. The van der Waals surface area contributed by atoms with Gasteiger partial charge in [0.25, 0.3) is 5.91 Å². The quantitative estimate of drug-likeness (QED) is 0.644. The summed E-state index contributed by atoms with van der Waals surface area (Å²) in [7, 11) is 0. The molecule has 1 heterocycles. The Morgan fingerprint density at radius 2 is 1.79 bits per heavy atom. The smallest absolute Gasteiger partial charge is 0.270 e. The Balaban J connectivity index is 1.72. The van der Waals surface area contributed by atoms with E-state index < -0.39 is 0 Å². The van der Waals surface area contributed by atoms with Crippen LogP contribution in [0, 0.1) is 13.8 Å². The van der Waals surface area contributed by atoms with E-state index in [4.69, 9.17) is 0 Å². The Morgan fingerprint density at radius 3 is 2.54 bits per heavy atom. The summed E-state index contributed by atoms with van der Waals surface area (Å²) >= 11 is 0. The van der Waals surface area contributed by atoms with E-state index in [0.29, 0.717) is 18.2 Å². The van der Waals surface area contributed by atoms with Crippen molar-refractivity contribution in [2.75, 3.05) is 11.9 Å². The second kappa shape index (κ2) is 9.13. The molecule has 5 nitrogen and oxygen atoms in total. The molecule has 1 aromatic heterocycles. The highest BCUT2D eigenvalue weighted by atomic mass is 16.1. The maximum absolute atomic E-state index is 12.6. The largest absolute Gasteiger partial charge is 0.350 e. The maximum Gasteiger partial charge on any atom is 0.270 e. The van der Waals surface area contributed by atoms with E-state index in [-0.39, 0.29) is 5.91 Å². The number of nitrogens with zero attached hydrogens (tertiary/aromatic N) is 2. The second-order valence-corrected chi connectivity index (χ2v) is 6.80. The first kappa shape index (κ1) is 19.5. The molecule has 144 valence electrons. The summed E-state index contributed by atoms with van der Waals surface area (Å²) in [6.45, 7) is 6.59. The number of benzene rings is 2. The van der Waals surface area contributed by atoms with Crippen LogP contribution in [0.25, 0.3) is 0 Å². The van der Waals surface area contributed by atoms with Crippen molar-refractivity contribution < 1.29 is 4.79 Å². The third kappa shape index (κ3) is 4.94.